The van der Waals surface area contributed by atoms with E-state index >= 15 is 0 Å². The molecule has 1 aromatic carbocycles. The number of nitrogens with one attached hydrogen (secondary N) is 3. The molecule has 3 N–H and O–H groups in total. The predicted molar refractivity (Wildman–Crippen MR) is 111 cm³/mol. The maximum atomic E-state index is 13.3. The van der Waals surface area contributed by atoms with Crippen molar-refractivity contribution < 1.29 is 23.5 Å². The minimum Gasteiger partial charge on any atom is -0.447 e. The minimum atomic E-state index is -0.560. The first-order chi connectivity index (χ1) is 14.8. The van der Waals surface area contributed by atoms with Crippen molar-refractivity contribution in [3.8, 4) is 0 Å². The summed E-state index contributed by atoms with van der Waals surface area (Å²) in [4.78, 5) is 36.3. The zero-order valence-corrected chi connectivity index (χ0v) is 17.6. The molecule has 1 saturated heterocycles. The van der Waals surface area contributed by atoms with Gasteiger partial charge in [-0.1, -0.05) is 11.6 Å². The van der Waals surface area contributed by atoms with Gasteiger partial charge in [0.1, 0.15) is 18.1 Å². The van der Waals surface area contributed by atoms with Crippen LogP contribution in [0.3, 0.4) is 0 Å². The van der Waals surface area contributed by atoms with E-state index in [0.717, 1.165) is 11.1 Å². The lowest BCUT2D eigenvalue weighted by atomic mass is 10.1. The van der Waals surface area contributed by atoms with Crippen LogP contribution in [0.25, 0.3) is 0 Å². The summed E-state index contributed by atoms with van der Waals surface area (Å²) in [5.74, 6) is -0.936. The number of carbonyl (C=O) groups is 3. The smallest absolute Gasteiger partial charge is 0.407 e. The van der Waals surface area contributed by atoms with Gasteiger partial charge in [-0.15, -0.1) is 0 Å². The SMILES string of the molecule is Cn1cc2c(c1C(=O)Nc1ccc(F)c(Cl)c1)CCC2NC(=O)OC[C@H]1CCC(=O)N1. The summed E-state index contributed by atoms with van der Waals surface area (Å²) < 4.78 is 20.3. The Kier molecular flexibility index (Phi) is 5.86. The van der Waals surface area contributed by atoms with Gasteiger partial charge in [-0.2, -0.15) is 0 Å². The van der Waals surface area contributed by atoms with E-state index in [2.05, 4.69) is 16.0 Å². The van der Waals surface area contributed by atoms with Crippen LogP contribution in [0.4, 0.5) is 14.9 Å². The van der Waals surface area contributed by atoms with Gasteiger partial charge in [0.2, 0.25) is 5.91 Å². The first-order valence-electron chi connectivity index (χ1n) is 9.99. The Labute approximate surface area is 183 Å². The van der Waals surface area contributed by atoms with Gasteiger partial charge >= 0.3 is 6.09 Å². The highest BCUT2D eigenvalue weighted by Gasteiger charge is 2.32. The quantitative estimate of drug-likeness (QED) is 0.654. The molecule has 1 unspecified atom stereocenters. The van der Waals surface area contributed by atoms with Gasteiger partial charge in [0.15, 0.2) is 0 Å². The third-order valence-electron chi connectivity index (χ3n) is 5.56. The molecule has 1 aromatic heterocycles. The molecule has 0 bridgehead atoms. The molecule has 1 fully saturated rings. The Balaban J connectivity index is 1.40. The number of carbonyl (C=O) groups excluding carboxylic acids is 3. The highest BCUT2D eigenvalue weighted by molar-refractivity contribution is 6.31. The van der Waals surface area contributed by atoms with Crippen molar-refractivity contribution in [1.82, 2.24) is 15.2 Å². The van der Waals surface area contributed by atoms with Crippen molar-refractivity contribution >= 4 is 35.2 Å². The summed E-state index contributed by atoms with van der Waals surface area (Å²) in [6.45, 7) is 0.125. The number of alkyl carbamates (subject to hydrolysis) is 1. The Hall–Kier alpha value is -3.07. The summed E-state index contributed by atoms with van der Waals surface area (Å²) in [6, 6.07) is 3.56. The van der Waals surface area contributed by atoms with Crippen LogP contribution in [0.5, 0.6) is 0 Å². The summed E-state index contributed by atoms with van der Waals surface area (Å²) in [5, 5.41) is 8.24. The van der Waals surface area contributed by atoms with Gasteiger partial charge in [0.25, 0.3) is 5.91 Å². The predicted octanol–water partition coefficient (Wildman–Crippen LogP) is 3.06. The number of benzene rings is 1. The van der Waals surface area contributed by atoms with Crippen molar-refractivity contribution in [2.75, 3.05) is 11.9 Å². The minimum absolute atomic E-state index is 0.0348. The second kappa shape index (κ2) is 8.58. The normalized spacial score (nSPS) is 19.6. The Morgan fingerprint density at radius 3 is 2.84 bits per heavy atom. The Morgan fingerprint density at radius 1 is 1.32 bits per heavy atom. The molecule has 164 valence electrons. The van der Waals surface area contributed by atoms with Gasteiger partial charge in [-0.25, -0.2) is 9.18 Å². The van der Waals surface area contributed by atoms with Crippen LogP contribution in [-0.4, -0.2) is 35.1 Å². The van der Waals surface area contributed by atoms with E-state index in [-0.39, 0.29) is 35.5 Å². The molecule has 0 radical (unpaired) electrons. The van der Waals surface area contributed by atoms with Crippen LogP contribution in [0.1, 0.15) is 46.9 Å². The second-order valence-electron chi connectivity index (χ2n) is 7.74. The van der Waals surface area contributed by atoms with E-state index in [1.54, 1.807) is 11.6 Å². The average Bonchev–Trinajstić information content (AvgIpc) is 3.39. The van der Waals surface area contributed by atoms with Crippen molar-refractivity contribution in [1.29, 1.82) is 0 Å². The van der Waals surface area contributed by atoms with Crippen molar-refractivity contribution in [2.24, 2.45) is 7.05 Å². The lowest BCUT2D eigenvalue weighted by Crippen LogP contribution is -2.34. The molecule has 0 saturated carbocycles. The molecule has 1 aliphatic heterocycles. The van der Waals surface area contributed by atoms with E-state index in [1.165, 1.54) is 18.2 Å². The van der Waals surface area contributed by atoms with Crippen molar-refractivity contribution in [3.63, 3.8) is 0 Å². The van der Waals surface area contributed by atoms with Crippen LogP contribution in [0.15, 0.2) is 24.4 Å². The molecule has 2 aliphatic rings. The van der Waals surface area contributed by atoms with E-state index < -0.39 is 11.9 Å². The first kappa shape index (κ1) is 21.2. The molecule has 1 aliphatic carbocycles. The molecule has 8 nitrogen and oxygen atoms in total. The molecule has 4 rings (SSSR count). The summed E-state index contributed by atoms with van der Waals surface area (Å²) in [7, 11) is 1.75. The van der Waals surface area contributed by atoms with E-state index in [4.69, 9.17) is 16.3 Å². The molecule has 31 heavy (non-hydrogen) atoms. The third-order valence-corrected chi connectivity index (χ3v) is 5.85. The number of rotatable bonds is 5. The fourth-order valence-corrected chi connectivity index (χ4v) is 4.26. The molecule has 2 atom stereocenters. The van der Waals surface area contributed by atoms with Crippen LogP contribution in [-0.2, 0) is 23.0 Å². The van der Waals surface area contributed by atoms with Gasteiger partial charge < -0.3 is 25.3 Å². The zero-order chi connectivity index (χ0) is 22.1. The second-order valence-corrected chi connectivity index (χ2v) is 8.15. The number of fused-ring (bicyclic) bond motifs is 1. The van der Waals surface area contributed by atoms with E-state index in [1.807, 2.05) is 6.20 Å². The van der Waals surface area contributed by atoms with Crippen LogP contribution >= 0.6 is 11.6 Å². The van der Waals surface area contributed by atoms with Gasteiger partial charge in [0.05, 0.1) is 17.1 Å². The molecular formula is C21H22ClFN4O4. The number of nitrogens with zero attached hydrogens (tertiary/aromatic N) is 1. The molecule has 2 heterocycles. The lowest BCUT2D eigenvalue weighted by molar-refractivity contribution is -0.119. The molecular weight excluding hydrogens is 427 g/mol. The summed E-state index contributed by atoms with van der Waals surface area (Å²) in [5.41, 5.74) is 2.57. The highest BCUT2D eigenvalue weighted by atomic mass is 35.5. The van der Waals surface area contributed by atoms with Gasteiger partial charge in [0, 0.05) is 25.4 Å². The van der Waals surface area contributed by atoms with Crippen molar-refractivity contribution in [2.45, 2.75) is 37.8 Å². The topological polar surface area (TPSA) is 101 Å². The number of aromatic nitrogens is 1. The number of amides is 3. The van der Waals surface area contributed by atoms with Crippen LogP contribution in [0, 0.1) is 5.82 Å². The molecule has 0 spiro atoms. The molecule has 3 amide bonds. The summed E-state index contributed by atoms with van der Waals surface area (Å²) >= 11 is 5.78. The Morgan fingerprint density at radius 2 is 2.13 bits per heavy atom. The monoisotopic (exact) mass is 448 g/mol. The maximum Gasteiger partial charge on any atom is 0.407 e. The van der Waals surface area contributed by atoms with E-state index in [0.29, 0.717) is 37.1 Å². The van der Waals surface area contributed by atoms with Crippen LogP contribution < -0.4 is 16.0 Å². The number of ether oxygens (including phenoxy) is 1. The number of halogens is 2. The number of hydrogen-bond acceptors (Lipinski definition) is 4. The largest absolute Gasteiger partial charge is 0.447 e. The first-order valence-corrected chi connectivity index (χ1v) is 10.4. The number of aryl methyl sites for hydroxylation is 1. The highest BCUT2D eigenvalue weighted by Crippen LogP contribution is 2.35. The number of hydrogen-bond donors (Lipinski definition) is 3. The van der Waals surface area contributed by atoms with Gasteiger partial charge in [-0.05, 0) is 48.6 Å². The standard InChI is InChI=1S/C21H22ClFN4O4/c1-27-9-14-13(19(27)20(29)25-11-2-5-16(23)15(22)8-11)4-6-17(14)26-21(30)31-10-12-3-7-18(28)24-12/h2,5,8-9,12,17H,3-4,6-7,10H2,1H3,(H,24,28)(H,25,29)(H,26,30)/t12-,17?/m1/s1. The molecule has 10 heteroatoms. The lowest BCUT2D eigenvalue weighted by Gasteiger charge is -2.15. The van der Waals surface area contributed by atoms with Crippen molar-refractivity contribution in [3.05, 3.63) is 52.1 Å². The summed E-state index contributed by atoms with van der Waals surface area (Å²) in [6.07, 6.45) is 3.61. The zero-order valence-electron chi connectivity index (χ0n) is 16.8. The third kappa shape index (κ3) is 4.51. The Bertz CT molecular complexity index is 1050. The molecule has 2 aromatic rings. The fourth-order valence-electron chi connectivity index (χ4n) is 4.08. The van der Waals surface area contributed by atoms with E-state index in [9.17, 15) is 18.8 Å². The average molecular weight is 449 g/mol. The fraction of sp³-hybridized carbons (Fsp3) is 0.381. The maximum absolute atomic E-state index is 13.3. The van der Waals surface area contributed by atoms with Gasteiger partial charge in [-0.3, -0.25) is 9.59 Å². The number of anilines is 1. The van der Waals surface area contributed by atoms with Crippen LogP contribution in [0.2, 0.25) is 5.02 Å².